The number of carbonyl (C=O) groups is 1. The van der Waals surface area contributed by atoms with Crippen LogP contribution in [0.25, 0.3) is 6.08 Å². The van der Waals surface area contributed by atoms with E-state index in [2.05, 4.69) is 54.6 Å². The van der Waals surface area contributed by atoms with Gasteiger partial charge in [0.1, 0.15) is 5.75 Å². The Balaban J connectivity index is 1.36. The van der Waals surface area contributed by atoms with Gasteiger partial charge in [0.25, 0.3) is 0 Å². The minimum Gasteiger partial charge on any atom is -0.478 e. The molecule has 2 aliphatic rings. The number of aryl methyl sites for hydroxylation is 1. The van der Waals surface area contributed by atoms with Crippen molar-refractivity contribution in [3.05, 3.63) is 82.7 Å². The highest BCUT2D eigenvalue weighted by Crippen LogP contribution is 2.30. The van der Waals surface area contributed by atoms with E-state index >= 15 is 0 Å². The highest BCUT2D eigenvalue weighted by molar-refractivity contribution is 5.76. The molecule has 0 unspecified atom stereocenters. The van der Waals surface area contributed by atoms with Gasteiger partial charge in [-0.2, -0.15) is 0 Å². The van der Waals surface area contributed by atoms with Crippen LogP contribution in [0.15, 0.2) is 71.0 Å². The second kappa shape index (κ2) is 12.9. The van der Waals surface area contributed by atoms with Crippen molar-refractivity contribution < 1.29 is 14.6 Å². The molecule has 5 nitrogen and oxygen atoms in total. The molecule has 0 aliphatic heterocycles. The van der Waals surface area contributed by atoms with Crippen molar-refractivity contribution in [2.24, 2.45) is 10.9 Å². The van der Waals surface area contributed by atoms with Gasteiger partial charge in [-0.05, 0) is 93.2 Å². The van der Waals surface area contributed by atoms with Crippen molar-refractivity contribution in [2.75, 3.05) is 13.6 Å². The number of likely N-dealkylation sites (N-methyl/N-ethyl adjacent to an activating group) is 1. The molecule has 1 saturated carbocycles. The highest BCUT2D eigenvalue weighted by Gasteiger charge is 2.29. The van der Waals surface area contributed by atoms with Gasteiger partial charge in [0.15, 0.2) is 5.60 Å². The Kier molecular flexibility index (Phi) is 9.43. The lowest BCUT2D eigenvalue weighted by molar-refractivity contribution is -0.152. The fourth-order valence-electron chi connectivity index (χ4n) is 5.30. The molecule has 1 fully saturated rings. The van der Waals surface area contributed by atoms with Gasteiger partial charge < -0.3 is 14.7 Å². The van der Waals surface area contributed by atoms with Gasteiger partial charge in [0, 0.05) is 19.8 Å². The number of ether oxygens (including phenoxy) is 1. The van der Waals surface area contributed by atoms with Crippen molar-refractivity contribution >= 4 is 18.3 Å². The summed E-state index contributed by atoms with van der Waals surface area (Å²) in [4.78, 5) is 18.7. The zero-order valence-electron chi connectivity index (χ0n) is 23.2. The fourth-order valence-corrected chi connectivity index (χ4v) is 5.30. The van der Waals surface area contributed by atoms with Gasteiger partial charge in [0.2, 0.25) is 0 Å². The van der Waals surface area contributed by atoms with E-state index < -0.39 is 11.6 Å². The van der Waals surface area contributed by atoms with E-state index in [-0.39, 0.29) is 0 Å². The lowest BCUT2D eigenvalue weighted by atomic mass is 9.89. The molecule has 2 aromatic carbocycles. The molecule has 0 amide bonds. The van der Waals surface area contributed by atoms with E-state index in [4.69, 9.17) is 9.73 Å². The first kappa shape index (κ1) is 27.7. The maximum Gasteiger partial charge on any atom is 0.347 e. The molecule has 1 N–H and O–H groups in total. The molecular formula is C33H42N2O3. The standard InChI is InChI=1S/C33H42N2O3/c1-33(2,32(36)37)38-29-19-16-25(17-20-29)11-9-10-22-34-30-21-18-27-14-7-8-15-28(27)23-31(30)35(3)24-26-12-5-4-6-13-26/h7-8,14-17,19-23,26H,4-6,9-13,18,24H2,1-3H3,(H,36,37). The largest absolute Gasteiger partial charge is 0.478 e. The van der Waals surface area contributed by atoms with Crippen LogP contribution in [-0.2, 0) is 17.6 Å². The van der Waals surface area contributed by atoms with Crippen molar-refractivity contribution in [1.29, 1.82) is 0 Å². The number of allylic oxidation sites excluding steroid dienone is 1. The van der Waals surface area contributed by atoms with E-state index in [9.17, 15) is 9.90 Å². The fraction of sp³-hybridized carbons (Fsp3) is 0.455. The number of nitrogens with zero attached hydrogens (tertiary/aromatic N) is 2. The summed E-state index contributed by atoms with van der Waals surface area (Å²) in [7, 11) is 2.22. The number of carboxylic acids is 1. The van der Waals surface area contributed by atoms with Crippen molar-refractivity contribution in [3.63, 3.8) is 0 Å². The number of fused-ring (bicyclic) bond motifs is 1. The summed E-state index contributed by atoms with van der Waals surface area (Å²) in [6, 6.07) is 16.4. The van der Waals surface area contributed by atoms with Gasteiger partial charge in [-0.25, -0.2) is 4.79 Å². The number of hydrogen-bond donors (Lipinski definition) is 1. The Morgan fingerprint density at radius 1 is 1.11 bits per heavy atom. The van der Waals surface area contributed by atoms with Crippen molar-refractivity contribution in [2.45, 2.75) is 77.2 Å². The molecule has 0 bridgehead atoms. The maximum atomic E-state index is 11.3. The lowest BCUT2D eigenvalue weighted by Crippen LogP contribution is -2.37. The first-order valence-electron chi connectivity index (χ1n) is 14.1. The van der Waals surface area contributed by atoms with Crippen LogP contribution in [0.1, 0.15) is 75.5 Å². The summed E-state index contributed by atoms with van der Waals surface area (Å²) in [5, 5.41) is 9.25. The third-order valence-electron chi connectivity index (χ3n) is 7.63. The number of unbranched alkanes of at least 4 members (excludes halogenated alkanes) is 1. The quantitative estimate of drug-likeness (QED) is 0.252. The molecule has 5 heteroatoms. The maximum absolute atomic E-state index is 11.3. The summed E-state index contributed by atoms with van der Waals surface area (Å²) < 4.78 is 5.60. The third-order valence-corrected chi connectivity index (χ3v) is 7.63. The van der Waals surface area contributed by atoms with Crippen molar-refractivity contribution in [1.82, 2.24) is 4.90 Å². The normalized spacial score (nSPS) is 16.4. The average Bonchev–Trinajstić information content (AvgIpc) is 3.09. The molecule has 2 aliphatic carbocycles. The number of rotatable bonds is 11. The number of aliphatic imine (C=N–C) groups is 1. The monoisotopic (exact) mass is 514 g/mol. The molecule has 0 aromatic heterocycles. The zero-order chi connectivity index (χ0) is 27.0. The Morgan fingerprint density at radius 2 is 1.84 bits per heavy atom. The van der Waals surface area contributed by atoms with Crippen LogP contribution in [-0.4, -0.2) is 41.4 Å². The first-order valence-corrected chi connectivity index (χ1v) is 14.1. The molecule has 38 heavy (non-hydrogen) atoms. The van der Waals surface area contributed by atoms with Crippen molar-refractivity contribution in [3.8, 4) is 5.75 Å². The van der Waals surface area contributed by atoms with Crippen LogP contribution in [0.4, 0.5) is 0 Å². The molecule has 0 radical (unpaired) electrons. The molecule has 0 saturated heterocycles. The van der Waals surface area contributed by atoms with Crippen LogP contribution < -0.4 is 4.74 Å². The summed E-state index contributed by atoms with van der Waals surface area (Å²) >= 11 is 0. The van der Waals surface area contributed by atoms with Gasteiger partial charge in [-0.3, -0.25) is 4.99 Å². The molecule has 2 aromatic rings. The van der Waals surface area contributed by atoms with Crippen LogP contribution in [0.3, 0.4) is 0 Å². The molecule has 4 rings (SSSR count). The van der Waals surface area contributed by atoms with E-state index in [0.29, 0.717) is 5.75 Å². The summed E-state index contributed by atoms with van der Waals surface area (Å²) in [6.07, 6.45) is 17.2. The van der Waals surface area contributed by atoms with Gasteiger partial charge >= 0.3 is 5.97 Å². The van der Waals surface area contributed by atoms with Gasteiger partial charge in [0.05, 0.1) is 11.4 Å². The van der Waals surface area contributed by atoms with E-state index in [1.807, 2.05) is 24.3 Å². The second-order valence-electron chi connectivity index (χ2n) is 11.2. The molecule has 202 valence electrons. The second-order valence-corrected chi connectivity index (χ2v) is 11.2. The van der Waals surface area contributed by atoms with Crippen LogP contribution >= 0.6 is 0 Å². The van der Waals surface area contributed by atoms with Crippen LogP contribution in [0.5, 0.6) is 5.75 Å². The molecular weight excluding hydrogens is 472 g/mol. The number of benzene rings is 2. The zero-order valence-corrected chi connectivity index (χ0v) is 23.2. The number of aliphatic carboxylic acids is 1. The minimum absolute atomic E-state index is 0.570. The first-order chi connectivity index (χ1) is 18.3. The minimum atomic E-state index is -1.25. The van der Waals surface area contributed by atoms with Crippen LogP contribution in [0, 0.1) is 5.92 Å². The topological polar surface area (TPSA) is 62.1 Å². The van der Waals surface area contributed by atoms with E-state index in [0.717, 1.165) is 43.8 Å². The highest BCUT2D eigenvalue weighted by atomic mass is 16.5. The summed E-state index contributed by atoms with van der Waals surface area (Å²) in [5.41, 5.74) is 4.89. The van der Waals surface area contributed by atoms with E-state index in [1.165, 1.54) is 54.5 Å². The average molecular weight is 515 g/mol. The molecule has 0 atom stereocenters. The smallest absolute Gasteiger partial charge is 0.347 e. The SMILES string of the molecule is CN(CC1CCCCC1)C1=Cc2ccccc2CC=C1N=CCCCc1ccc(OC(C)(C)C(=O)O)cc1. The predicted octanol–water partition coefficient (Wildman–Crippen LogP) is 7.32. The summed E-state index contributed by atoms with van der Waals surface area (Å²) in [5.74, 6) is 0.359. The third kappa shape index (κ3) is 7.59. The Hall–Kier alpha value is -3.34. The molecule has 0 spiro atoms. The Bertz CT molecular complexity index is 1170. The number of carboxylic acid groups (broad SMARTS) is 1. The van der Waals surface area contributed by atoms with Crippen LogP contribution in [0.2, 0.25) is 0 Å². The molecule has 0 heterocycles. The van der Waals surface area contributed by atoms with Gasteiger partial charge in [-0.15, -0.1) is 0 Å². The lowest BCUT2D eigenvalue weighted by Gasteiger charge is -2.30. The van der Waals surface area contributed by atoms with E-state index in [1.54, 1.807) is 13.8 Å². The summed E-state index contributed by atoms with van der Waals surface area (Å²) in [6.45, 7) is 4.20. The Morgan fingerprint density at radius 3 is 2.58 bits per heavy atom. The van der Waals surface area contributed by atoms with Gasteiger partial charge in [-0.1, -0.05) is 61.7 Å². The Labute approximate surface area is 227 Å². The number of hydrogen-bond acceptors (Lipinski definition) is 4. The predicted molar refractivity (Wildman–Crippen MR) is 156 cm³/mol.